The molecule has 0 saturated carbocycles. The van der Waals surface area contributed by atoms with E-state index >= 15 is 0 Å². The van der Waals surface area contributed by atoms with E-state index < -0.39 is 0 Å². The number of nitrogens with two attached hydrogens (primary N) is 1. The molecular formula is C10H13Cl2NS. The summed E-state index contributed by atoms with van der Waals surface area (Å²) < 4.78 is 1.37. The fourth-order valence-corrected chi connectivity index (χ4v) is 2.77. The minimum atomic E-state index is -0.0845. The van der Waals surface area contributed by atoms with E-state index in [1.165, 1.54) is 11.3 Å². The monoisotopic (exact) mass is 249 g/mol. The smallest absolute Gasteiger partial charge is 0.0992 e. The molecule has 1 aromatic rings. The molecule has 1 rings (SSSR count). The van der Waals surface area contributed by atoms with Crippen LogP contribution in [0.25, 0.3) is 0 Å². The molecule has 0 amide bonds. The van der Waals surface area contributed by atoms with Gasteiger partial charge < -0.3 is 5.73 Å². The van der Waals surface area contributed by atoms with Gasteiger partial charge in [-0.1, -0.05) is 42.3 Å². The van der Waals surface area contributed by atoms with Crippen LogP contribution in [0.5, 0.6) is 0 Å². The zero-order valence-corrected chi connectivity index (χ0v) is 10.3. The quantitative estimate of drug-likeness (QED) is 0.787. The predicted octanol–water partition coefficient (Wildman–Crippen LogP) is 4.41. The zero-order valence-electron chi connectivity index (χ0n) is 8.02. The van der Waals surface area contributed by atoms with Gasteiger partial charge in [0.05, 0.1) is 8.67 Å². The third-order valence-electron chi connectivity index (χ3n) is 2.09. The Kier molecular flexibility index (Phi) is 4.45. The summed E-state index contributed by atoms with van der Waals surface area (Å²) in [5.74, 6) is 0. The summed E-state index contributed by atoms with van der Waals surface area (Å²) in [6, 6.07) is 1.75. The SMILES string of the molecule is C=C(CC)CC(N)c1cc(Cl)sc1Cl. The highest BCUT2D eigenvalue weighted by Gasteiger charge is 2.14. The van der Waals surface area contributed by atoms with Gasteiger partial charge >= 0.3 is 0 Å². The summed E-state index contributed by atoms with van der Waals surface area (Å²) in [5, 5.41) is 0. The van der Waals surface area contributed by atoms with Crippen molar-refractivity contribution in [3.63, 3.8) is 0 Å². The molecule has 0 radical (unpaired) electrons. The molecule has 1 heterocycles. The number of hydrogen-bond acceptors (Lipinski definition) is 2. The van der Waals surface area contributed by atoms with Crippen LogP contribution in [-0.2, 0) is 0 Å². The van der Waals surface area contributed by atoms with Crippen molar-refractivity contribution in [2.75, 3.05) is 0 Å². The minimum absolute atomic E-state index is 0.0845. The lowest BCUT2D eigenvalue weighted by molar-refractivity contribution is 0.704. The number of halogens is 2. The van der Waals surface area contributed by atoms with Crippen LogP contribution in [0, 0.1) is 0 Å². The second kappa shape index (κ2) is 5.17. The topological polar surface area (TPSA) is 26.0 Å². The molecule has 1 atom stereocenters. The van der Waals surface area contributed by atoms with Crippen LogP contribution in [-0.4, -0.2) is 0 Å². The highest BCUT2D eigenvalue weighted by atomic mass is 35.5. The lowest BCUT2D eigenvalue weighted by Gasteiger charge is -2.11. The average molecular weight is 250 g/mol. The Balaban J connectivity index is 2.73. The molecule has 0 aliphatic carbocycles. The van der Waals surface area contributed by atoms with Crippen molar-refractivity contribution in [2.45, 2.75) is 25.8 Å². The summed E-state index contributed by atoms with van der Waals surface area (Å²) in [7, 11) is 0. The van der Waals surface area contributed by atoms with Gasteiger partial charge in [-0.3, -0.25) is 0 Å². The fourth-order valence-electron chi connectivity index (χ4n) is 1.17. The van der Waals surface area contributed by atoms with E-state index in [4.69, 9.17) is 28.9 Å². The second-order valence-electron chi connectivity index (χ2n) is 3.19. The minimum Gasteiger partial charge on any atom is -0.324 e. The molecule has 14 heavy (non-hydrogen) atoms. The zero-order chi connectivity index (χ0) is 10.7. The highest BCUT2D eigenvalue weighted by Crippen LogP contribution is 2.36. The van der Waals surface area contributed by atoms with Crippen molar-refractivity contribution in [1.29, 1.82) is 0 Å². The Morgan fingerprint density at radius 2 is 2.29 bits per heavy atom. The van der Waals surface area contributed by atoms with Gasteiger partial charge in [-0.2, -0.15) is 0 Å². The van der Waals surface area contributed by atoms with Crippen LogP contribution >= 0.6 is 34.5 Å². The summed E-state index contributed by atoms with van der Waals surface area (Å²) in [4.78, 5) is 0. The molecule has 2 N–H and O–H groups in total. The Labute approximate surface area is 98.5 Å². The highest BCUT2D eigenvalue weighted by molar-refractivity contribution is 7.20. The molecule has 0 aliphatic rings. The summed E-state index contributed by atoms with van der Waals surface area (Å²) in [5.41, 5.74) is 8.05. The van der Waals surface area contributed by atoms with Crippen molar-refractivity contribution >= 4 is 34.5 Å². The van der Waals surface area contributed by atoms with E-state index in [0.29, 0.717) is 8.67 Å². The molecule has 0 saturated heterocycles. The molecular weight excluding hydrogens is 237 g/mol. The Bertz CT molecular complexity index is 333. The van der Waals surface area contributed by atoms with E-state index in [-0.39, 0.29) is 6.04 Å². The van der Waals surface area contributed by atoms with Crippen LogP contribution < -0.4 is 5.73 Å². The molecule has 0 aromatic carbocycles. The van der Waals surface area contributed by atoms with Crippen LogP contribution in [0.4, 0.5) is 0 Å². The number of thiophene rings is 1. The maximum atomic E-state index is 5.99. The summed E-state index contributed by atoms with van der Waals surface area (Å²) >= 11 is 13.2. The first-order valence-electron chi connectivity index (χ1n) is 4.41. The van der Waals surface area contributed by atoms with Gasteiger partial charge in [-0.25, -0.2) is 0 Å². The van der Waals surface area contributed by atoms with Gasteiger partial charge in [-0.05, 0) is 18.9 Å². The normalized spacial score (nSPS) is 12.9. The predicted molar refractivity (Wildman–Crippen MR) is 65.3 cm³/mol. The van der Waals surface area contributed by atoms with Crippen molar-refractivity contribution in [3.05, 3.63) is 32.5 Å². The lowest BCUT2D eigenvalue weighted by atomic mass is 10.0. The molecule has 0 bridgehead atoms. The lowest BCUT2D eigenvalue weighted by Crippen LogP contribution is -2.10. The maximum Gasteiger partial charge on any atom is 0.0992 e. The number of rotatable bonds is 4. The number of hydrogen-bond donors (Lipinski definition) is 1. The Hall–Kier alpha value is -0.0200. The van der Waals surface area contributed by atoms with Gasteiger partial charge in [0.2, 0.25) is 0 Å². The van der Waals surface area contributed by atoms with Crippen LogP contribution in [0.15, 0.2) is 18.2 Å². The van der Waals surface area contributed by atoms with Gasteiger partial charge in [0.1, 0.15) is 0 Å². The molecule has 0 fully saturated rings. The molecule has 78 valence electrons. The van der Waals surface area contributed by atoms with E-state index in [0.717, 1.165) is 24.0 Å². The van der Waals surface area contributed by atoms with Crippen LogP contribution in [0.1, 0.15) is 31.4 Å². The fraction of sp³-hybridized carbons (Fsp3) is 0.400. The van der Waals surface area contributed by atoms with Gasteiger partial charge in [-0.15, -0.1) is 11.3 Å². The third-order valence-corrected chi connectivity index (χ3v) is 3.61. The van der Waals surface area contributed by atoms with Gasteiger partial charge in [0, 0.05) is 11.6 Å². The van der Waals surface area contributed by atoms with E-state index in [2.05, 4.69) is 13.5 Å². The second-order valence-corrected chi connectivity index (χ2v) is 5.48. The standard InChI is InChI=1S/C10H13Cl2NS/c1-3-6(2)4-8(13)7-5-9(11)14-10(7)12/h5,8H,2-4,13H2,1H3. The van der Waals surface area contributed by atoms with Gasteiger partial charge in [0.25, 0.3) is 0 Å². The van der Waals surface area contributed by atoms with Crippen molar-refractivity contribution in [3.8, 4) is 0 Å². The first kappa shape index (κ1) is 12.1. The van der Waals surface area contributed by atoms with Crippen LogP contribution in [0.2, 0.25) is 8.67 Å². The summed E-state index contributed by atoms with van der Waals surface area (Å²) in [6.07, 6.45) is 1.71. The molecule has 1 aromatic heterocycles. The molecule has 4 heteroatoms. The van der Waals surface area contributed by atoms with Gasteiger partial charge in [0.15, 0.2) is 0 Å². The maximum absolute atomic E-state index is 5.99. The van der Waals surface area contributed by atoms with Crippen molar-refractivity contribution in [2.24, 2.45) is 5.73 Å². The molecule has 0 spiro atoms. The average Bonchev–Trinajstić information content (AvgIpc) is 2.45. The summed E-state index contributed by atoms with van der Waals surface area (Å²) in [6.45, 7) is 5.99. The molecule has 1 nitrogen and oxygen atoms in total. The van der Waals surface area contributed by atoms with Crippen molar-refractivity contribution in [1.82, 2.24) is 0 Å². The van der Waals surface area contributed by atoms with E-state index in [1.54, 1.807) is 0 Å². The Morgan fingerprint density at radius 3 is 2.71 bits per heavy atom. The molecule has 0 aliphatic heterocycles. The Morgan fingerprint density at radius 1 is 1.64 bits per heavy atom. The largest absolute Gasteiger partial charge is 0.324 e. The molecule has 1 unspecified atom stereocenters. The first-order valence-corrected chi connectivity index (χ1v) is 5.98. The van der Waals surface area contributed by atoms with Crippen LogP contribution in [0.3, 0.4) is 0 Å². The van der Waals surface area contributed by atoms with E-state index in [1.807, 2.05) is 6.07 Å². The first-order chi connectivity index (χ1) is 6.54. The van der Waals surface area contributed by atoms with E-state index in [9.17, 15) is 0 Å². The van der Waals surface area contributed by atoms with Crippen molar-refractivity contribution < 1.29 is 0 Å². The third kappa shape index (κ3) is 2.99.